The molecule has 2 heterocycles. The molecule has 0 aromatic heterocycles. The first-order valence-corrected chi connectivity index (χ1v) is 20.8. The van der Waals surface area contributed by atoms with Crippen molar-refractivity contribution in [3.05, 3.63) is 76.8 Å². The zero-order valence-electron chi connectivity index (χ0n) is 31.6. The molecule has 0 radical (unpaired) electrons. The van der Waals surface area contributed by atoms with E-state index < -0.39 is 63.3 Å². The second kappa shape index (κ2) is 15.6. The van der Waals surface area contributed by atoms with Crippen LogP contribution in [0.2, 0.25) is 5.02 Å². The summed E-state index contributed by atoms with van der Waals surface area (Å²) in [6, 6.07) is 11.0. The second-order valence-electron chi connectivity index (χ2n) is 16.5. The van der Waals surface area contributed by atoms with Gasteiger partial charge in [0.2, 0.25) is 27.7 Å². The van der Waals surface area contributed by atoms with Crippen molar-refractivity contribution in [2.24, 2.45) is 17.8 Å². The van der Waals surface area contributed by atoms with E-state index in [9.17, 15) is 27.6 Å². The lowest BCUT2D eigenvalue weighted by Crippen LogP contribution is -2.55. The number of carbonyl (C=O) groups is 4. The smallest absolute Gasteiger partial charge is 0.410 e. The van der Waals surface area contributed by atoms with Gasteiger partial charge in [0.15, 0.2) is 0 Å². The lowest BCUT2D eigenvalue weighted by atomic mass is 9.87. The third-order valence-electron chi connectivity index (χ3n) is 11.1. The van der Waals surface area contributed by atoms with Gasteiger partial charge < -0.3 is 20.3 Å². The molecule has 4 amide bonds. The first-order chi connectivity index (χ1) is 25.5. The van der Waals surface area contributed by atoms with Crippen molar-refractivity contribution in [1.29, 1.82) is 0 Å². The van der Waals surface area contributed by atoms with Gasteiger partial charge in [0.1, 0.15) is 18.2 Å². The number of hydrogen-bond donors (Lipinski definition) is 3. The Balaban J connectivity index is 1.22. The largest absolute Gasteiger partial charge is 0.444 e. The number of rotatable bonds is 11. The lowest BCUT2D eigenvalue weighted by Gasteiger charge is -2.32. The van der Waals surface area contributed by atoms with Gasteiger partial charge >= 0.3 is 6.09 Å². The fourth-order valence-electron chi connectivity index (χ4n) is 7.83. The van der Waals surface area contributed by atoms with Gasteiger partial charge in [-0.2, -0.15) is 0 Å². The van der Waals surface area contributed by atoms with Crippen LogP contribution in [-0.2, 0) is 47.6 Å². The van der Waals surface area contributed by atoms with Gasteiger partial charge in [0, 0.05) is 29.7 Å². The van der Waals surface area contributed by atoms with E-state index in [-0.39, 0.29) is 42.7 Å². The average molecular weight is 782 g/mol. The number of amides is 4. The monoisotopic (exact) mass is 781 g/mol. The normalized spacial score (nSPS) is 24.5. The van der Waals surface area contributed by atoms with Crippen LogP contribution in [0.15, 0.2) is 55.1 Å². The minimum Gasteiger partial charge on any atom is -0.444 e. The summed E-state index contributed by atoms with van der Waals surface area (Å²) in [7, 11) is -3.81. The fraction of sp³-hybridized carbons (Fsp3) is 0.550. The molecule has 2 aliphatic carbocycles. The van der Waals surface area contributed by atoms with Gasteiger partial charge in [-0.3, -0.25) is 24.0 Å². The number of halogens is 1. The van der Waals surface area contributed by atoms with Crippen molar-refractivity contribution in [3.8, 4) is 0 Å². The van der Waals surface area contributed by atoms with E-state index in [1.165, 1.54) is 4.90 Å². The molecule has 1 saturated heterocycles. The summed E-state index contributed by atoms with van der Waals surface area (Å²) in [6.45, 7) is 14.7. The highest BCUT2D eigenvalue weighted by Crippen LogP contribution is 2.36. The average Bonchev–Trinajstić information content (AvgIpc) is 3.56. The lowest BCUT2D eigenvalue weighted by molar-refractivity contribution is -0.140. The maximum atomic E-state index is 14.6. The number of ether oxygens (including phenoxy) is 1. The molecule has 3 fully saturated rings. The van der Waals surface area contributed by atoms with E-state index in [1.54, 1.807) is 17.0 Å². The van der Waals surface area contributed by atoms with Crippen LogP contribution in [-0.4, -0.2) is 78.1 Å². The molecule has 12 nitrogen and oxygen atoms in total. The molecule has 2 saturated carbocycles. The molecule has 2 aromatic rings. The Kier molecular flexibility index (Phi) is 11.4. The summed E-state index contributed by atoms with van der Waals surface area (Å²) >= 11 is 6.39. The van der Waals surface area contributed by atoms with Gasteiger partial charge in [0.05, 0.1) is 24.3 Å². The van der Waals surface area contributed by atoms with Crippen molar-refractivity contribution in [2.75, 3.05) is 11.9 Å². The Labute approximate surface area is 323 Å². The fourth-order valence-corrected chi connectivity index (χ4v) is 9.42. The Bertz CT molecular complexity index is 1910. The van der Waals surface area contributed by atoms with E-state index in [2.05, 4.69) is 42.7 Å². The minimum absolute atomic E-state index is 0.0133. The SMILES string of the molecule is C=C[C@@H]1CCC(NC(=O)[C@@H]2C[C@@H](OC(=O)N3Cc4cccc(Cl)c4C3)CN2C(=O)[C@@H](Nc2cccc(C(C)(C)C)c2)C(C)C)C1C(=O)NS(=O)(=O)C1CC1. The van der Waals surface area contributed by atoms with Crippen LogP contribution < -0.4 is 15.4 Å². The number of hydrogen-bond acceptors (Lipinski definition) is 8. The molecule has 0 bridgehead atoms. The Morgan fingerprint density at radius 2 is 1.72 bits per heavy atom. The quantitative estimate of drug-likeness (QED) is 0.253. The van der Waals surface area contributed by atoms with E-state index in [1.807, 2.05) is 50.2 Å². The Morgan fingerprint density at radius 1 is 1.00 bits per heavy atom. The minimum atomic E-state index is -3.81. The van der Waals surface area contributed by atoms with E-state index in [0.29, 0.717) is 37.3 Å². The number of sulfonamides is 1. The van der Waals surface area contributed by atoms with Gasteiger partial charge in [-0.15, -0.1) is 6.58 Å². The number of allylic oxidation sites excluding steroid dienone is 1. The van der Waals surface area contributed by atoms with E-state index in [0.717, 1.165) is 22.4 Å². The highest BCUT2D eigenvalue weighted by molar-refractivity contribution is 7.90. The standard InChI is InChI=1S/C40H52ClN5O7S/c1-7-24-14-17-32(34(24)37(48)44-54(51,52)29-15-16-29)43-36(47)33-19-28(53-39(50)45-20-25-10-8-13-31(41)30(25)22-45)21-46(33)38(49)35(23(2)3)42-27-12-9-11-26(18-27)40(4,5)6/h7-13,18,23-24,28-29,32-35,42H,1,14-17,19-22H2,2-6H3,(H,43,47)(H,44,48)/t24-,28-,32?,33+,34?,35+/m1/s1. The molecule has 6 atom stereocenters. The van der Waals surface area contributed by atoms with Crippen molar-refractivity contribution in [1.82, 2.24) is 19.8 Å². The second-order valence-corrected chi connectivity index (χ2v) is 18.9. The van der Waals surface area contributed by atoms with Crippen LogP contribution in [0.3, 0.4) is 0 Å². The molecule has 0 spiro atoms. The number of benzene rings is 2. The summed E-state index contributed by atoms with van der Waals surface area (Å²) in [4.78, 5) is 58.8. The van der Waals surface area contributed by atoms with Crippen LogP contribution >= 0.6 is 11.6 Å². The number of fused-ring (bicyclic) bond motifs is 1. The molecule has 2 aliphatic heterocycles. The number of nitrogens with zero attached hydrogens (tertiary/aromatic N) is 2. The predicted molar refractivity (Wildman–Crippen MR) is 207 cm³/mol. The van der Waals surface area contributed by atoms with Crippen LogP contribution in [0.5, 0.6) is 0 Å². The zero-order valence-corrected chi connectivity index (χ0v) is 33.2. The molecule has 14 heteroatoms. The van der Waals surface area contributed by atoms with Gasteiger partial charge in [0.25, 0.3) is 0 Å². The Morgan fingerprint density at radius 3 is 2.37 bits per heavy atom. The zero-order chi connectivity index (χ0) is 39.1. The molecule has 2 aromatic carbocycles. The first kappa shape index (κ1) is 39.6. The van der Waals surface area contributed by atoms with Gasteiger partial charge in [-0.05, 0) is 77.8 Å². The molecule has 2 unspecified atom stereocenters. The third kappa shape index (κ3) is 8.57. The van der Waals surface area contributed by atoms with Crippen molar-refractivity contribution in [3.63, 3.8) is 0 Å². The third-order valence-corrected chi connectivity index (χ3v) is 13.3. The molecular formula is C40H52ClN5O7S. The molecule has 292 valence electrons. The van der Waals surface area contributed by atoms with E-state index >= 15 is 0 Å². The number of likely N-dealkylation sites (tertiary alicyclic amines) is 1. The maximum Gasteiger partial charge on any atom is 0.410 e. The summed E-state index contributed by atoms with van der Waals surface area (Å²) in [5.74, 6) is -2.89. The molecule has 54 heavy (non-hydrogen) atoms. The van der Waals surface area contributed by atoms with Crippen LogP contribution in [0, 0.1) is 17.8 Å². The van der Waals surface area contributed by atoms with Crippen molar-refractivity contribution < 1.29 is 32.3 Å². The molecular weight excluding hydrogens is 730 g/mol. The van der Waals surface area contributed by atoms with Crippen molar-refractivity contribution >= 4 is 51.1 Å². The van der Waals surface area contributed by atoms with Gasteiger partial charge in [-0.1, -0.05) is 76.6 Å². The summed E-state index contributed by atoms with van der Waals surface area (Å²) < 4.78 is 33.6. The first-order valence-electron chi connectivity index (χ1n) is 18.8. The predicted octanol–water partition coefficient (Wildman–Crippen LogP) is 5.50. The highest BCUT2D eigenvalue weighted by Gasteiger charge is 2.48. The topological polar surface area (TPSA) is 154 Å². The molecule has 6 rings (SSSR count). The van der Waals surface area contributed by atoms with E-state index in [4.69, 9.17) is 16.3 Å². The van der Waals surface area contributed by atoms with Crippen LogP contribution in [0.25, 0.3) is 0 Å². The van der Waals surface area contributed by atoms with Gasteiger partial charge in [-0.25, -0.2) is 13.2 Å². The number of nitrogens with one attached hydrogen (secondary N) is 3. The number of carbonyl (C=O) groups excluding carboxylic acids is 4. The highest BCUT2D eigenvalue weighted by atomic mass is 35.5. The Hall–Kier alpha value is -4.10. The summed E-state index contributed by atoms with van der Waals surface area (Å²) in [5.41, 5.74) is 3.53. The maximum absolute atomic E-state index is 14.6. The van der Waals surface area contributed by atoms with Crippen molar-refractivity contribution in [2.45, 2.75) is 115 Å². The van der Waals surface area contributed by atoms with Crippen LogP contribution in [0.4, 0.5) is 10.5 Å². The molecule has 3 N–H and O–H groups in total. The number of anilines is 1. The molecule has 4 aliphatic rings. The summed E-state index contributed by atoms with van der Waals surface area (Å²) in [5, 5.41) is 6.40. The summed E-state index contributed by atoms with van der Waals surface area (Å²) in [6.07, 6.45) is 2.25. The van der Waals surface area contributed by atoms with Crippen LogP contribution in [0.1, 0.15) is 83.4 Å².